The zero-order valence-corrected chi connectivity index (χ0v) is 15.9. The van der Waals surface area contributed by atoms with Gasteiger partial charge in [-0.25, -0.2) is 9.48 Å². The van der Waals surface area contributed by atoms with E-state index >= 15 is 0 Å². The van der Waals surface area contributed by atoms with Crippen LogP contribution in [-0.2, 0) is 32.3 Å². The summed E-state index contributed by atoms with van der Waals surface area (Å²) in [6.07, 6.45) is 2.03. The van der Waals surface area contributed by atoms with Crippen LogP contribution in [0.5, 0.6) is 0 Å². The van der Waals surface area contributed by atoms with Crippen molar-refractivity contribution < 1.29 is 14.3 Å². The molecule has 0 aliphatic carbocycles. The number of aryl methyl sites for hydroxylation is 1. The van der Waals surface area contributed by atoms with Gasteiger partial charge in [-0.3, -0.25) is 4.79 Å². The Morgan fingerprint density at radius 3 is 2.96 bits per heavy atom. The summed E-state index contributed by atoms with van der Waals surface area (Å²) in [6, 6.07) is 9.33. The van der Waals surface area contributed by atoms with Crippen molar-refractivity contribution in [2.75, 3.05) is 5.75 Å². The molecule has 4 rings (SSSR count). The molecule has 8 nitrogen and oxygen atoms in total. The Morgan fingerprint density at radius 1 is 1.37 bits per heavy atom. The molecule has 1 aromatic heterocycles. The van der Waals surface area contributed by atoms with E-state index in [0.717, 1.165) is 12.0 Å². The molecule has 2 aliphatic rings. The number of fused-ring (bicyclic) bond motifs is 1. The van der Waals surface area contributed by atoms with Gasteiger partial charge in [0, 0.05) is 18.7 Å². The number of hydrogen-bond donors (Lipinski definition) is 0. The number of esters is 1. The van der Waals surface area contributed by atoms with Crippen molar-refractivity contribution in [2.45, 2.75) is 50.3 Å². The number of aromatic nitrogens is 4. The Labute approximate surface area is 161 Å². The highest BCUT2D eigenvalue weighted by Crippen LogP contribution is 2.54. The summed E-state index contributed by atoms with van der Waals surface area (Å²) in [6.45, 7) is 2.70. The number of thioether (sulfide) groups is 1. The Kier molecular flexibility index (Phi) is 4.86. The molecule has 27 heavy (non-hydrogen) atoms. The van der Waals surface area contributed by atoms with E-state index < -0.39 is 16.9 Å². The fourth-order valence-corrected chi connectivity index (χ4v) is 5.40. The minimum atomic E-state index is -0.583. The van der Waals surface area contributed by atoms with Gasteiger partial charge in [-0.2, -0.15) is 0 Å². The highest BCUT2D eigenvalue weighted by atomic mass is 32.2. The van der Waals surface area contributed by atoms with E-state index in [1.54, 1.807) is 21.3 Å². The lowest BCUT2D eigenvalue weighted by Crippen LogP contribution is -2.46. The maximum atomic E-state index is 12.8. The predicted octanol–water partition coefficient (Wildman–Crippen LogP) is 1.72. The number of rotatable bonds is 6. The normalized spacial score (nSPS) is 24.3. The number of tetrazole rings is 1. The summed E-state index contributed by atoms with van der Waals surface area (Å²) < 4.78 is 7.12. The van der Waals surface area contributed by atoms with E-state index in [2.05, 4.69) is 15.5 Å². The summed E-state index contributed by atoms with van der Waals surface area (Å²) in [7, 11) is 0. The molecule has 0 radical (unpaired) electrons. The molecule has 2 aliphatic heterocycles. The number of nitrogens with zero attached hydrogens (tertiary/aromatic N) is 5. The summed E-state index contributed by atoms with van der Waals surface area (Å²) in [5.74, 6) is 0.639. The smallest absolute Gasteiger partial charge is 0.330 e. The minimum absolute atomic E-state index is 0.00150. The van der Waals surface area contributed by atoms with Crippen molar-refractivity contribution in [3.8, 4) is 0 Å². The molecule has 0 unspecified atom stereocenters. The number of hydrogen-bond acceptors (Lipinski definition) is 7. The second kappa shape index (κ2) is 7.30. The zero-order chi connectivity index (χ0) is 18.9. The Bertz CT molecular complexity index is 843. The van der Waals surface area contributed by atoms with E-state index in [4.69, 9.17) is 4.74 Å². The maximum absolute atomic E-state index is 12.8. The van der Waals surface area contributed by atoms with Gasteiger partial charge in [0.05, 0.1) is 0 Å². The average molecular weight is 387 g/mol. The van der Waals surface area contributed by atoms with Crippen LogP contribution in [-0.4, -0.2) is 48.8 Å². The lowest BCUT2D eigenvalue weighted by atomic mass is 10.0. The summed E-state index contributed by atoms with van der Waals surface area (Å²) in [4.78, 5) is 26.6. The number of ether oxygens (including phenoxy) is 1. The first kappa shape index (κ1) is 18.0. The molecule has 0 N–H and O–H groups in total. The third-order valence-electron chi connectivity index (χ3n) is 5.01. The Morgan fingerprint density at radius 2 is 2.19 bits per heavy atom. The van der Waals surface area contributed by atoms with Crippen molar-refractivity contribution in [3.63, 3.8) is 0 Å². The second-order valence-electron chi connectivity index (χ2n) is 6.67. The van der Waals surface area contributed by atoms with Crippen LogP contribution in [0.4, 0.5) is 0 Å². The van der Waals surface area contributed by atoms with E-state index in [1.807, 2.05) is 37.3 Å². The third-order valence-corrected chi connectivity index (χ3v) is 6.61. The highest BCUT2D eigenvalue weighted by molar-refractivity contribution is 8.00. The van der Waals surface area contributed by atoms with Crippen molar-refractivity contribution >= 4 is 23.6 Å². The first-order valence-corrected chi connectivity index (χ1v) is 10.1. The van der Waals surface area contributed by atoms with Crippen LogP contribution >= 0.6 is 11.8 Å². The van der Waals surface area contributed by atoms with Crippen LogP contribution in [0, 0.1) is 0 Å². The van der Waals surface area contributed by atoms with Crippen LogP contribution in [0.3, 0.4) is 0 Å². The molecular formula is C18H21N5O3S. The monoisotopic (exact) mass is 387 g/mol. The first-order valence-electron chi connectivity index (χ1n) is 9.09. The molecule has 2 atom stereocenters. The van der Waals surface area contributed by atoms with Gasteiger partial charge >= 0.3 is 5.97 Å². The summed E-state index contributed by atoms with van der Waals surface area (Å²) >= 11 is 1.65. The molecule has 3 heterocycles. The fraction of sp³-hybridized carbons (Fsp3) is 0.500. The summed E-state index contributed by atoms with van der Waals surface area (Å²) in [5, 5.41) is 11.4. The highest BCUT2D eigenvalue weighted by Gasteiger charge is 2.57. The van der Waals surface area contributed by atoms with Gasteiger partial charge in [-0.1, -0.05) is 37.3 Å². The Balaban J connectivity index is 1.50. The second-order valence-corrected chi connectivity index (χ2v) is 7.96. The zero-order valence-electron chi connectivity index (χ0n) is 15.1. The van der Waals surface area contributed by atoms with Gasteiger partial charge < -0.3 is 9.64 Å². The van der Waals surface area contributed by atoms with Crippen LogP contribution in [0.1, 0.15) is 37.6 Å². The number of carbonyl (C=O) groups is 2. The molecule has 9 heteroatoms. The SMILES string of the molecule is CCCn1nnnc1COC(=O)[C@@H]1CS[C@]2(c3ccccc3)CCC(=O)N12. The first-order chi connectivity index (χ1) is 13.2. The van der Waals surface area contributed by atoms with Gasteiger partial charge in [0.2, 0.25) is 5.91 Å². The minimum Gasteiger partial charge on any atom is -0.456 e. The molecule has 142 valence electrons. The van der Waals surface area contributed by atoms with Crippen LogP contribution in [0.25, 0.3) is 0 Å². The van der Waals surface area contributed by atoms with E-state index in [9.17, 15) is 9.59 Å². The van der Waals surface area contributed by atoms with Crippen LogP contribution in [0.15, 0.2) is 30.3 Å². The maximum Gasteiger partial charge on any atom is 0.330 e. The molecule has 2 aromatic rings. The number of carbonyl (C=O) groups excluding carboxylic acids is 2. The van der Waals surface area contributed by atoms with Crippen LogP contribution in [0.2, 0.25) is 0 Å². The summed E-state index contributed by atoms with van der Waals surface area (Å²) in [5.41, 5.74) is 1.06. The van der Waals surface area contributed by atoms with Crippen molar-refractivity contribution in [1.82, 2.24) is 25.1 Å². The molecule has 0 saturated carbocycles. The lowest BCUT2D eigenvalue weighted by Gasteiger charge is -2.33. The van der Waals surface area contributed by atoms with Crippen LogP contribution < -0.4 is 0 Å². The van der Waals surface area contributed by atoms with Gasteiger partial charge in [0.1, 0.15) is 10.9 Å². The molecular weight excluding hydrogens is 366 g/mol. The molecule has 2 fully saturated rings. The van der Waals surface area contributed by atoms with Gasteiger partial charge in [-0.05, 0) is 28.8 Å². The fourth-order valence-electron chi connectivity index (χ4n) is 3.76. The molecule has 1 aromatic carbocycles. The topological polar surface area (TPSA) is 90.2 Å². The van der Waals surface area contributed by atoms with E-state index in [0.29, 0.717) is 31.0 Å². The number of benzene rings is 1. The van der Waals surface area contributed by atoms with Gasteiger partial charge in [0.25, 0.3) is 0 Å². The average Bonchev–Trinajstić information content (AvgIpc) is 3.38. The van der Waals surface area contributed by atoms with E-state index in [-0.39, 0.29) is 12.5 Å². The molecule has 2 saturated heterocycles. The van der Waals surface area contributed by atoms with Crippen molar-refractivity contribution in [2.24, 2.45) is 0 Å². The van der Waals surface area contributed by atoms with Crippen molar-refractivity contribution in [3.05, 3.63) is 41.7 Å². The number of amides is 1. The molecule has 0 bridgehead atoms. The predicted molar refractivity (Wildman–Crippen MR) is 98.4 cm³/mol. The largest absolute Gasteiger partial charge is 0.456 e. The van der Waals surface area contributed by atoms with Crippen molar-refractivity contribution in [1.29, 1.82) is 0 Å². The molecule has 0 spiro atoms. The van der Waals surface area contributed by atoms with E-state index in [1.165, 1.54) is 0 Å². The quantitative estimate of drug-likeness (QED) is 0.697. The lowest BCUT2D eigenvalue weighted by molar-refractivity contribution is -0.155. The molecule has 1 amide bonds. The third kappa shape index (κ3) is 3.09. The van der Waals surface area contributed by atoms with Gasteiger partial charge in [0.15, 0.2) is 12.4 Å². The standard InChI is InChI=1S/C18H21N5O3S/c1-2-10-22-15(19-20-21-22)11-26-17(25)14-12-27-18(9-8-16(24)23(14)18)13-6-4-3-5-7-13/h3-7,14H,2,8-12H2,1H3/t14-,18-/m0/s1. The van der Waals surface area contributed by atoms with Gasteiger partial charge in [-0.15, -0.1) is 16.9 Å². The Hall–Kier alpha value is -2.42.